The molecule has 0 aromatic heterocycles. The summed E-state index contributed by atoms with van der Waals surface area (Å²) in [6.45, 7) is 6.84. The maximum atomic E-state index is 12.2. The lowest BCUT2D eigenvalue weighted by atomic mass is 9.68. The minimum absolute atomic E-state index is 0.0246. The predicted molar refractivity (Wildman–Crippen MR) is 111 cm³/mol. The number of aliphatic hydroxyl groups is 1. The van der Waals surface area contributed by atoms with Gasteiger partial charge in [-0.05, 0) is 38.7 Å². The quantitative estimate of drug-likeness (QED) is 0.565. The zero-order valence-corrected chi connectivity index (χ0v) is 18.2. The Balaban J connectivity index is 1.60. The molecule has 6 aliphatic rings. The Bertz CT molecular complexity index is 899. The number of nitrogens with zero attached hydrogens (tertiary/aromatic N) is 1. The molecule has 2 saturated heterocycles. The van der Waals surface area contributed by atoms with E-state index in [0.29, 0.717) is 22.9 Å². The molecule has 162 valence electrons. The van der Waals surface area contributed by atoms with E-state index in [4.69, 9.17) is 14.2 Å². The zero-order valence-electron chi connectivity index (χ0n) is 18.2. The monoisotopic (exact) mass is 413 g/mol. The van der Waals surface area contributed by atoms with Crippen molar-refractivity contribution in [2.75, 3.05) is 13.7 Å². The third-order valence-electron chi connectivity index (χ3n) is 7.75. The second-order valence-corrected chi connectivity index (χ2v) is 9.28. The third kappa shape index (κ3) is 2.59. The van der Waals surface area contributed by atoms with Crippen LogP contribution in [0.1, 0.15) is 46.5 Å². The molecule has 0 saturated carbocycles. The van der Waals surface area contributed by atoms with E-state index in [1.165, 1.54) is 0 Å². The van der Waals surface area contributed by atoms with Crippen LogP contribution >= 0.6 is 0 Å². The summed E-state index contributed by atoms with van der Waals surface area (Å²) in [5, 5.41) is 10.8. The summed E-state index contributed by atoms with van der Waals surface area (Å²) < 4.78 is 17.5. The fourth-order valence-electron chi connectivity index (χ4n) is 6.33. The highest BCUT2D eigenvalue weighted by atomic mass is 16.6. The number of cyclic esters (lactones) is 1. The van der Waals surface area contributed by atoms with E-state index in [-0.39, 0.29) is 41.4 Å². The predicted octanol–water partition coefficient (Wildman–Crippen LogP) is 3.41. The van der Waals surface area contributed by atoms with E-state index in [0.717, 1.165) is 38.0 Å². The Morgan fingerprint density at radius 2 is 2.20 bits per heavy atom. The maximum Gasteiger partial charge on any atom is 0.343 e. The van der Waals surface area contributed by atoms with Crippen LogP contribution in [0.3, 0.4) is 0 Å². The average molecular weight is 414 g/mol. The molecule has 0 radical (unpaired) electrons. The third-order valence-corrected chi connectivity index (χ3v) is 7.75. The van der Waals surface area contributed by atoms with Crippen molar-refractivity contribution in [3.8, 4) is 0 Å². The van der Waals surface area contributed by atoms with Gasteiger partial charge in [0.1, 0.15) is 5.76 Å². The number of hydrogen-bond donors (Lipinski definition) is 1. The smallest absolute Gasteiger partial charge is 0.343 e. The molecule has 0 aromatic carbocycles. The van der Waals surface area contributed by atoms with Crippen LogP contribution in [0.15, 0.2) is 46.8 Å². The first-order valence-electron chi connectivity index (χ1n) is 11.2. The van der Waals surface area contributed by atoms with Gasteiger partial charge in [0.2, 0.25) is 5.76 Å². The summed E-state index contributed by atoms with van der Waals surface area (Å²) in [6, 6.07) is 0.161. The van der Waals surface area contributed by atoms with Gasteiger partial charge in [-0.3, -0.25) is 4.90 Å². The highest BCUT2D eigenvalue weighted by Gasteiger charge is 2.59. The summed E-state index contributed by atoms with van der Waals surface area (Å²) in [7, 11) is 1.56. The van der Waals surface area contributed by atoms with Gasteiger partial charge in [0.05, 0.1) is 24.3 Å². The van der Waals surface area contributed by atoms with Crippen LogP contribution in [-0.2, 0) is 19.0 Å². The molecule has 2 fully saturated rings. The standard InChI is InChI=1S/C24H31NO5/c1-5-17(26)16-7-6-9-24-10-8-15(12-25(16)24)11-18-19(24)13(2)21(29-18)22-20(28-4)14(3)23(27)30-22/h8,10-11,13,15-17,19,26H,5-7,9,12H2,1-4H3/b22-21-/t13-,15-,16-,17-,19-,24+/m0/s1. The highest BCUT2D eigenvalue weighted by molar-refractivity contribution is 5.93. The molecule has 1 N–H and O–H groups in total. The van der Waals surface area contributed by atoms with Gasteiger partial charge in [0, 0.05) is 30.3 Å². The maximum absolute atomic E-state index is 12.2. The Morgan fingerprint density at radius 1 is 1.40 bits per heavy atom. The summed E-state index contributed by atoms with van der Waals surface area (Å²) in [5.41, 5.74) is 0.288. The van der Waals surface area contributed by atoms with E-state index in [1.807, 2.05) is 0 Å². The van der Waals surface area contributed by atoms with Crippen LogP contribution in [0.5, 0.6) is 0 Å². The second-order valence-electron chi connectivity index (χ2n) is 9.28. The molecule has 6 heteroatoms. The molecule has 6 rings (SSSR count). The normalized spacial score (nSPS) is 41.1. The molecule has 5 aliphatic heterocycles. The van der Waals surface area contributed by atoms with Gasteiger partial charge >= 0.3 is 5.97 Å². The van der Waals surface area contributed by atoms with Gasteiger partial charge in [-0.1, -0.05) is 26.0 Å². The van der Waals surface area contributed by atoms with Crippen LogP contribution in [0.2, 0.25) is 0 Å². The van der Waals surface area contributed by atoms with Crippen molar-refractivity contribution < 1.29 is 24.1 Å². The van der Waals surface area contributed by atoms with Crippen molar-refractivity contribution in [1.29, 1.82) is 0 Å². The van der Waals surface area contributed by atoms with Gasteiger partial charge in [-0.25, -0.2) is 4.79 Å². The number of methoxy groups -OCH3 is 1. The summed E-state index contributed by atoms with van der Waals surface area (Å²) >= 11 is 0. The van der Waals surface area contributed by atoms with E-state index in [1.54, 1.807) is 14.0 Å². The highest BCUT2D eigenvalue weighted by Crippen LogP contribution is 2.56. The number of allylic oxidation sites excluding steroid dienone is 1. The lowest BCUT2D eigenvalue weighted by molar-refractivity contribution is -0.133. The molecule has 0 aromatic rings. The summed E-state index contributed by atoms with van der Waals surface area (Å²) in [4.78, 5) is 14.7. The van der Waals surface area contributed by atoms with Crippen molar-refractivity contribution >= 4 is 5.97 Å². The number of carbonyl (C=O) groups excluding carboxylic acids is 1. The number of rotatable bonds is 3. The number of esters is 1. The number of piperidine rings is 1. The van der Waals surface area contributed by atoms with E-state index in [9.17, 15) is 9.90 Å². The molecular formula is C24H31NO5. The van der Waals surface area contributed by atoms with Gasteiger partial charge in [-0.2, -0.15) is 0 Å². The topological polar surface area (TPSA) is 68.2 Å². The molecule has 1 aliphatic carbocycles. The summed E-state index contributed by atoms with van der Waals surface area (Å²) in [6.07, 6.45) is 10.5. The van der Waals surface area contributed by atoms with Gasteiger partial charge in [0.25, 0.3) is 0 Å². The molecule has 0 unspecified atom stereocenters. The van der Waals surface area contributed by atoms with E-state index >= 15 is 0 Å². The molecular weight excluding hydrogens is 382 g/mol. The van der Waals surface area contributed by atoms with Crippen molar-refractivity contribution in [3.05, 3.63) is 46.8 Å². The first kappa shape index (κ1) is 19.9. The Hall–Kier alpha value is -2.05. The van der Waals surface area contributed by atoms with Crippen molar-refractivity contribution in [3.63, 3.8) is 0 Å². The van der Waals surface area contributed by atoms with Crippen molar-refractivity contribution in [2.24, 2.45) is 17.8 Å². The lowest BCUT2D eigenvalue weighted by Gasteiger charge is -2.55. The minimum atomic E-state index is -0.378. The second kappa shape index (κ2) is 6.99. The number of ether oxygens (including phenoxy) is 3. The van der Waals surface area contributed by atoms with Crippen molar-refractivity contribution in [2.45, 2.75) is 64.1 Å². The molecule has 6 atom stereocenters. The van der Waals surface area contributed by atoms with E-state index in [2.05, 4.69) is 37.0 Å². The Morgan fingerprint density at radius 3 is 2.93 bits per heavy atom. The minimum Gasteiger partial charge on any atom is -0.492 e. The van der Waals surface area contributed by atoms with Crippen LogP contribution in [0, 0.1) is 17.8 Å². The Labute approximate surface area is 177 Å². The Kier molecular flexibility index (Phi) is 4.63. The first-order chi connectivity index (χ1) is 14.4. The number of hydrogen-bond acceptors (Lipinski definition) is 6. The van der Waals surface area contributed by atoms with E-state index < -0.39 is 0 Å². The molecule has 6 nitrogen and oxygen atoms in total. The van der Waals surface area contributed by atoms with Crippen LogP contribution in [-0.4, -0.2) is 47.3 Å². The van der Waals surface area contributed by atoms with Crippen LogP contribution < -0.4 is 0 Å². The van der Waals surface area contributed by atoms with Crippen LogP contribution in [0.25, 0.3) is 0 Å². The molecule has 2 bridgehead atoms. The number of aliphatic hydroxyl groups excluding tert-OH is 1. The van der Waals surface area contributed by atoms with Gasteiger partial charge in [-0.15, -0.1) is 0 Å². The van der Waals surface area contributed by atoms with Gasteiger partial charge < -0.3 is 19.3 Å². The average Bonchev–Trinajstić information content (AvgIpc) is 3.11. The summed E-state index contributed by atoms with van der Waals surface area (Å²) in [5.74, 6) is 2.56. The fourth-order valence-corrected chi connectivity index (χ4v) is 6.33. The molecule has 5 heterocycles. The molecule has 30 heavy (non-hydrogen) atoms. The molecule has 0 amide bonds. The SMILES string of the molecule is CC[C@H](O)[C@@H]1CCC[C@@]23C=C[C@@H](C=C4O/C(=C5\OC(=O)C(C)=C5OC)[C@@H](C)[C@@H]42)CN13. The van der Waals surface area contributed by atoms with Gasteiger partial charge in [0.15, 0.2) is 11.5 Å². The number of carbonyl (C=O) groups is 1. The fraction of sp³-hybridized carbons (Fsp3) is 0.625. The van der Waals surface area contributed by atoms with Crippen molar-refractivity contribution in [1.82, 2.24) is 4.90 Å². The van der Waals surface area contributed by atoms with Crippen LogP contribution in [0.4, 0.5) is 0 Å². The lowest BCUT2D eigenvalue weighted by Crippen LogP contribution is -2.64. The molecule has 1 spiro atoms. The zero-order chi connectivity index (χ0) is 21.2. The largest absolute Gasteiger partial charge is 0.492 e. The first-order valence-corrected chi connectivity index (χ1v) is 11.2.